The van der Waals surface area contributed by atoms with E-state index in [1.807, 2.05) is 19.9 Å². The molecule has 0 saturated heterocycles. The molecule has 0 bridgehead atoms. The Labute approximate surface area is 85.2 Å². The van der Waals surface area contributed by atoms with Crippen molar-refractivity contribution in [3.8, 4) is 0 Å². The molecule has 0 unspecified atom stereocenters. The Kier molecular flexibility index (Phi) is 4.67. The molecule has 0 nitrogen and oxygen atoms in total. The smallest absolute Gasteiger partial charge is 0.189 e. The minimum absolute atomic E-state index is 0.177. The van der Waals surface area contributed by atoms with Crippen molar-refractivity contribution in [2.45, 2.75) is 17.8 Å². The normalized spacial score (nSPS) is 13.9. The first-order chi connectivity index (χ1) is 5.38. The summed E-state index contributed by atoms with van der Waals surface area (Å²) in [5, 5.41) is 0. The van der Waals surface area contributed by atoms with Crippen LogP contribution in [0.4, 0.5) is 8.78 Å². The standard InChI is InChI=1S/C9H11F2I/c1-4-7(2)5-6-8(3)9(10,11)12/h4-6H,3H2,1-2H3/b6-5-,7-4-. The molecule has 68 valence electrons. The molecule has 0 saturated carbocycles. The number of halogens is 3. The van der Waals surface area contributed by atoms with Gasteiger partial charge in [-0.1, -0.05) is 30.4 Å². The molecule has 0 rings (SSSR count). The molecular formula is C9H11F2I. The highest BCUT2D eigenvalue weighted by Gasteiger charge is 2.25. The maximum Gasteiger partial charge on any atom is 0.321 e. The Bertz CT molecular complexity index is 221. The molecule has 0 atom stereocenters. The van der Waals surface area contributed by atoms with Gasteiger partial charge in [0.2, 0.25) is 0 Å². The Morgan fingerprint density at radius 1 is 1.42 bits per heavy atom. The molecule has 0 fully saturated rings. The van der Waals surface area contributed by atoms with Gasteiger partial charge in [0.25, 0.3) is 0 Å². The first-order valence-corrected chi connectivity index (χ1v) is 4.53. The third-order valence-corrected chi connectivity index (χ3v) is 2.06. The third kappa shape index (κ3) is 4.64. The maximum absolute atomic E-state index is 12.5. The van der Waals surface area contributed by atoms with Crippen molar-refractivity contribution < 1.29 is 8.78 Å². The van der Waals surface area contributed by atoms with Crippen LogP contribution in [0.15, 0.2) is 36.0 Å². The molecular weight excluding hydrogens is 273 g/mol. The van der Waals surface area contributed by atoms with Crippen LogP contribution in [-0.2, 0) is 0 Å². The fourth-order valence-electron chi connectivity index (χ4n) is 0.423. The predicted octanol–water partition coefficient (Wildman–Crippen LogP) is 4.09. The van der Waals surface area contributed by atoms with Crippen molar-refractivity contribution in [2.24, 2.45) is 0 Å². The summed E-state index contributed by atoms with van der Waals surface area (Å²) in [6.07, 6.45) is 4.80. The van der Waals surface area contributed by atoms with E-state index in [4.69, 9.17) is 0 Å². The van der Waals surface area contributed by atoms with E-state index in [2.05, 4.69) is 6.58 Å². The highest BCUT2D eigenvalue weighted by molar-refractivity contribution is 14.1. The van der Waals surface area contributed by atoms with Gasteiger partial charge in [-0.25, -0.2) is 0 Å². The van der Waals surface area contributed by atoms with Crippen molar-refractivity contribution in [3.05, 3.63) is 36.0 Å². The molecule has 0 heterocycles. The molecule has 0 spiro atoms. The zero-order chi connectivity index (χ0) is 9.78. The van der Waals surface area contributed by atoms with E-state index in [0.29, 0.717) is 0 Å². The molecule has 0 aliphatic carbocycles. The Hall–Kier alpha value is -0.190. The topological polar surface area (TPSA) is 0 Å². The lowest BCUT2D eigenvalue weighted by Crippen LogP contribution is -2.05. The van der Waals surface area contributed by atoms with Gasteiger partial charge in [-0.2, -0.15) is 8.78 Å². The molecule has 0 aromatic carbocycles. The van der Waals surface area contributed by atoms with E-state index in [0.717, 1.165) is 28.2 Å². The monoisotopic (exact) mass is 284 g/mol. The summed E-state index contributed by atoms with van der Waals surface area (Å²) in [5.41, 5.74) is 0.765. The van der Waals surface area contributed by atoms with Gasteiger partial charge in [0.05, 0.1) is 0 Å². The van der Waals surface area contributed by atoms with Gasteiger partial charge >= 0.3 is 3.93 Å². The number of alkyl halides is 3. The average molecular weight is 284 g/mol. The molecule has 0 aromatic heterocycles. The van der Waals surface area contributed by atoms with E-state index in [-0.39, 0.29) is 5.57 Å². The van der Waals surface area contributed by atoms with Gasteiger partial charge in [-0.3, -0.25) is 0 Å². The average Bonchev–Trinajstić information content (AvgIpc) is 1.97. The van der Waals surface area contributed by atoms with Gasteiger partial charge in [0, 0.05) is 28.2 Å². The Morgan fingerprint density at radius 3 is 2.25 bits per heavy atom. The Balaban J connectivity index is 4.29. The molecule has 0 radical (unpaired) electrons. The Morgan fingerprint density at radius 2 is 1.92 bits per heavy atom. The molecule has 0 aliphatic rings. The summed E-state index contributed by atoms with van der Waals surface area (Å²) in [4.78, 5) is 0. The minimum Gasteiger partial charge on any atom is -0.189 e. The molecule has 0 aliphatic heterocycles. The lowest BCUT2D eigenvalue weighted by molar-refractivity contribution is 0.174. The van der Waals surface area contributed by atoms with Gasteiger partial charge in [-0.05, 0) is 13.8 Å². The second kappa shape index (κ2) is 4.74. The van der Waals surface area contributed by atoms with Crippen LogP contribution in [-0.4, -0.2) is 3.93 Å². The van der Waals surface area contributed by atoms with Gasteiger partial charge in [-0.15, -0.1) is 0 Å². The van der Waals surface area contributed by atoms with Crippen LogP contribution in [0.25, 0.3) is 0 Å². The SMILES string of the molecule is C=C(/C=C\C(C)=C/C)C(F)(F)I. The first kappa shape index (κ1) is 11.8. The second-order valence-electron chi connectivity index (χ2n) is 2.39. The van der Waals surface area contributed by atoms with E-state index in [9.17, 15) is 8.78 Å². The molecule has 12 heavy (non-hydrogen) atoms. The fraction of sp³-hybridized carbons (Fsp3) is 0.333. The van der Waals surface area contributed by atoms with Crippen LogP contribution >= 0.6 is 22.6 Å². The lowest BCUT2D eigenvalue weighted by atomic mass is 10.2. The number of rotatable bonds is 3. The van der Waals surface area contributed by atoms with Gasteiger partial charge in [0.15, 0.2) is 0 Å². The van der Waals surface area contributed by atoms with Crippen molar-refractivity contribution in [1.82, 2.24) is 0 Å². The van der Waals surface area contributed by atoms with Crippen LogP contribution in [0.1, 0.15) is 13.8 Å². The second-order valence-corrected chi connectivity index (χ2v) is 3.74. The summed E-state index contributed by atoms with van der Waals surface area (Å²) in [7, 11) is 0. The molecule has 0 aromatic rings. The quantitative estimate of drug-likeness (QED) is 0.416. The van der Waals surface area contributed by atoms with Gasteiger partial charge < -0.3 is 0 Å². The zero-order valence-electron chi connectivity index (χ0n) is 7.07. The van der Waals surface area contributed by atoms with Crippen LogP contribution in [0.5, 0.6) is 0 Å². The lowest BCUT2D eigenvalue weighted by Gasteiger charge is -2.06. The summed E-state index contributed by atoms with van der Waals surface area (Å²) >= 11 is 1.06. The fourth-order valence-corrected chi connectivity index (χ4v) is 0.603. The zero-order valence-corrected chi connectivity index (χ0v) is 9.23. The molecule has 3 heteroatoms. The maximum atomic E-state index is 12.5. The summed E-state index contributed by atoms with van der Waals surface area (Å²) < 4.78 is 22.1. The molecule has 0 N–H and O–H groups in total. The predicted molar refractivity (Wildman–Crippen MR) is 56.7 cm³/mol. The molecule has 0 amide bonds. The van der Waals surface area contributed by atoms with Crippen molar-refractivity contribution in [1.29, 1.82) is 0 Å². The van der Waals surface area contributed by atoms with E-state index >= 15 is 0 Å². The van der Waals surface area contributed by atoms with Crippen molar-refractivity contribution in [3.63, 3.8) is 0 Å². The van der Waals surface area contributed by atoms with Crippen LogP contribution in [0.2, 0.25) is 0 Å². The minimum atomic E-state index is -2.84. The van der Waals surface area contributed by atoms with E-state index < -0.39 is 3.93 Å². The number of hydrogen-bond donors (Lipinski definition) is 0. The van der Waals surface area contributed by atoms with Gasteiger partial charge in [0.1, 0.15) is 0 Å². The first-order valence-electron chi connectivity index (χ1n) is 3.45. The van der Waals surface area contributed by atoms with Crippen LogP contribution in [0, 0.1) is 0 Å². The summed E-state index contributed by atoms with van der Waals surface area (Å²) in [5.74, 6) is 0. The highest BCUT2D eigenvalue weighted by atomic mass is 127. The largest absolute Gasteiger partial charge is 0.321 e. The van der Waals surface area contributed by atoms with Crippen LogP contribution < -0.4 is 0 Å². The summed E-state index contributed by atoms with van der Waals surface area (Å²) in [6, 6.07) is 0. The van der Waals surface area contributed by atoms with E-state index in [1.54, 1.807) is 6.08 Å². The third-order valence-electron chi connectivity index (χ3n) is 1.37. The van der Waals surface area contributed by atoms with Crippen LogP contribution in [0.3, 0.4) is 0 Å². The highest BCUT2D eigenvalue weighted by Crippen LogP contribution is 2.31. The number of hydrogen-bond acceptors (Lipinski definition) is 0. The number of allylic oxidation sites excluding steroid dienone is 5. The van der Waals surface area contributed by atoms with Crippen molar-refractivity contribution >= 4 is 22.6 Å². The van der Waals surface area contributed by atoms with E-state index in [1.165, 1.54) is 6.08 Å². The van der Waals surface area contributed by atoms with Crippen molar-refractivity contribution in [2.75, 3.05) is 0 Å². The summed E-state index contributed by atoms with van der Waals surface area (Å²) in [6.45, 7) is 6.95.